The van der Waals surface area contributed by atoms with Gasteiger partial charge in [0.15, 0.2) is 0 Å². The third-order valence-corrected chi connectivity index (χ3v) is 8.53. The molecule has 4 aromatic carbocycles. The van der Waals surface area contributed by atoms with Gasteiger partial charge in [-0.25, -0.2) is 9.59 Å². The summed E-state index contributed by atoms with van der Waals surface area (Å²) in [6.45, 7) is 7.42. The summed E-state index contributed by atoms with van der Waals surface area (Å²) in [6.07, 6.45) is 3.15. The molecule has 4 amide bonds. The predicted octanol–water partition coefficient (Wildman–Crippen LogP) is 8.44. The number of carboxylic acid groups (broad SMARTS) is 1. The minimum atomic E-state index is -0.943. The van der Waals surface area contributed by atoms with E-state index in [4.69, 9.17) is 0 Å². The zero-order valence-electron chi connectivity index (χ0n) is 27.8. The van der Waals surface area contributed by atoms with E-state index >= 15 is 0 Å². The van der Waals surface area contributed by atoms with Crippen molar-refractivity contribution < 1.29 is 19.5 Å². The van der Waals surface area contributed by atoms with Gasteiger partial charge in [-0.15, -0.1) is 0 Å². The lowest BCUT2D eigenvalue weighted by atomic mass is 9.97. The van der Waals surface area contributed by atoms with E-state index < -0.39 is 6.09 Å². The summed E-state index contributed by atoms with van der Waals surface area (Å²) in [5.74, 6) is -0.0638. The van der Waals surface area contributed by atoms with Crippen LogP contribution in [-0.4, -0.2) is 46.0 Å². The highest BCUT2D eigenvalue weighted by Gasteiger charge is 2.25. The van der Waals surface area contributed by atoms with Gasteiger partial charge >= 0.3 is 12.1 Å². The average Bonchev–Trinajstić information content (AvgIpc) is 3.07. The van der Waals surface area contributed by atoms with Gasteiger partial charge in [-0.3, -0.25) is 9.69 Å². The van der Waals surface area contributed by atoms with Crippen LogP contribution >= 0.6 is 0 Å². The van der Waals surface area contributed by atoms with Gasteiger partial charge < -0.3 is 20.6 Å². The molecule has 0 spiro atoms. The van der Waals surface area contributed by atoms with E-state index in [0.717, 1.165) is 65.1 Å². The van der Waals surface area contributed by atoms with Gasteiger partial charge in [0.2, 0.25) is 5.91 Å². The first kappa shape index (κ1) is 35.0. The number of carbonyl (C=O) groups excluding carboxylic acids is 2. The smallest absolute Gasteiger partial charge is 0.408 e. The number of amides is 4. The van der Waals surface area contributed by atoms with Crippen LogP contribution in [0.25, 0.3) is 10.8 Å². The van der Waals surface area contributed by atoms with E-state index in [0.29, 0.717) is 26.2 Å². The summed E-state index contributed by atoms with van der Waals surface area (Å²) in [6, 6.07) is 31.4. The maximum Gasteiger partial charge on any atom is 0.408 e. The molecule has 8 nitrogen and oxygen atoms in total. The Hall–Kier alpha value is -4.85. The van der Waals surface area contributed by atoms with Crippen LogP contribution in [0.2, 0.25) is 0 Å². The zero-order valence-corrected chi connectivity index (χ0v) is 27.8. The highest BCUT2D eigenvalue weighted by atomic mass is 16.4. The number of hydrogen-bond acceptors (Lipinski definition) is 3. The number of carbonyl (C=O) groups is 3. The molecule has 47 heavy (non-hydrogen) atoms. The maximum atomic E-state index is 13.7. The largest absolute Gasteiger partial charge is 0.465 e. The van der Waals surface area contributed by atoms with Gasteiger partial charge in [-0.05, 0) is 59.2 Å². The lowest BCUT2D eigenvalue weighted by Gasteiger charge is -2.30. The van der Waals surface area contributed by atoms with Crippen LogP contribution in [0, 0.1) is 0 Å². The zero-order chi connectivity index (χ0) is 33.6. The molecule has 0 aromatic heterocycles. The summed E-state index contributed by atoms with van der Waals surface area (Å²) >= 11 is 0. The van der Waals surface area contributed by atoms with Crippen LogP contribution in [0.3, 0.4) is 0 Å². The number of unbranched alkanes of at least 4 members (excludes halogenated alkanes) is 2. The van der Waals surface area contributed by atoms with Crippen LogP contribution < -0.4 is 10.6 Å². The highest BCUT2D eigenvalue weighted by molar-refractivity contribution is 5.86. The molecule has 0 heterocycles. The van der Waals surface area contributed by atoms with Gasteiger partial charge in [-0.2, -0.15) is 0 Å². The van der Waals surface area contributed by atoms with Crippen molar-refractivity contribution in [3.05, 3.63) is 119 Å². The summed E-state index contributed by atoms with van der Waals surface area (Å²) in [7, 11) is 0. The molecule has 3 N–H and O–H groups in total. The second kappa shape index (κ2) is 17.7. The van der Waals surface area contributed by atoms with E-state index in [9.17, 15) is 19.5 Å². The molecule has 2 atom stereocenters. The highest BCUT2D eigenvalue weighted by Crippen LogP contribution is 2.29. The van der Waals surface area contributed by atoms with E-state index in [1.807, 2.05) is 84.6 Å². The molecule has 4 aromatic rings. The molecule has 0 aliphatic carbocycles. The van der Waals surface area contributed by atoms with E-state index in [1.165, 1.54) is 11.8 Å². The average molecular weight is 637 g/mol. The quantitative estimate of drug-likeness (QED) is 0.107. The molecule has 8 heteroatoms. The Bertz CT molecular complexity index is 1590. The van der Waals surface area contributed by atoms with Gasteiger partial charge in [0.05, 0.1) is 12.1 Å². The van der Waals surface area contributed by atoms with Crippen molar-refractivity contribution in [2.45, 2.75) is 78.0 Å². The molecule has 0 aliphatic rings. The van der Waals surface area contributed by atoms with Crippen molar-refractivity contribution in [3.8, 4) is 0 Å². The number of hydrogen-bond donors (Lipinski definition) is 3. The first-order valence-electron chi connectivity index (χ1n) is 16.7. The van der Waals surface area contributed by atoms with Crippen LogP contribution in [0.4, 0.5) is 9.59 Å². The van der Waals surface area contributed by atoms with Crippen LogP contribution in [0.1, 0.15) is 87.2 Å². The van der Waals surface area contributed by atoms with Crippen molar-refractivity contribution in [3.63, 3.8) is 0 Å². The molecule has 0 saturated heterocycles. The van der Waals surface area contributed by atoms with E-state index in [2.05, 4.69) is 41.8 Å². The van der Waals surface area contributed by atoms with Gasteiger partial charge in [0.1, 0.15) is 0 Å². The maximum absolute atomic E-state index is 13.7. The lowest BCUT2D eigenvalue weighted by molar-refractivity contribution is -0.118. The Kier molecular flexibility index (Phi) is 13.2. The fourth-order valence-electron chi connectivity index (χ4n) is 5.98. The molecular formula is C39H48N4O4. The number of urea groups is 1. The standard InChI is InChI=1S/C39H48N4O4/c1-4-5-20-37(43(39(46)47)28-31-14-7-6-8-15-31)34-23-21-32(22-24-34)27-42(26-12-11-25-40-30(3)44)38(45)41-29(2)35-19-13-17-33-16-9-10-18-36(33)35/h6-10,13-19,21-24,29,37H,4-5,11-12,20,25-28H2,1-3H3,(H,40,44)(H,41,45)(H,46,47). The molecule has 0 fully saturated rings. The Labute approximate surface area is 278 Å². The monoisotopic (exact) mass is 636 g/mol. The van der Waals surface area contributed by atoms with Crippen molar-refractivity contribution in [2.75, 3.05) is 13.1 Å². The Balaban J connectivity index is 1.51. The summed E-state index contributed by atoms with van der Waals surface area (Å²) < 4.78 is 0. The number of rotatable bonds is 16. The fourth-order valence-corrected chi connectivity index (χ4v) is 5.98. The SMILES string of the molecule is CCCCC(c1ccc(CN(CCCCNC(C)=O)C(=O)NC(C)c2cccc3ccccc23)cc1)N(Cc1ccccc1)C(=O)O. The van der Waals surface area contributed by atoms with Crippen molar-refractivity contribution >= 4 is 28.8 Å². The normalized spacial score (nSPS) is 12.2. The van der Waals surface area contributed by atoms with Gasteiger partial charge in [-0.1, -0.05) is 117 Å². The third-order valence-electron chi connectivity index (χ3n) is 8.53. The summed E-state index contributed by atoms with van der Waals surface area (Å²) in [4.78, 5) is 40.9. The van der Waals surface area contributed by atoms with E-state index in [1.54, 1.807) is 0 Å². The Morgan fingerprint density at radius 2 is 1.47 bits per heavy atom. The second-order valence-electron chi connectivity index (χ2n) is 12.1. The van der Waals surface area contributed by atoms with Crippen molar-refractivity contribution in [1.29, 1.82) is 0 Å². The molecule has 0 radical (unpaired) electrons. The third kappa shape index (κ3) is 10.3. The molecule has 248 valence electrons. The van der Waals surface area contributed by atoms with Gasteiger partial charge in [0, 0.05) is 33.1 Å². The minimum absolute atomic E-state index is 0.0638. The molecule has 0 aliphatic heterocycles. The summed E-state index contributed by atoms with van der Waals surface area (Å²) in [5.41, 5.74) is 3.91. The molecule has 4 rings (SSSR count). The topological polar surface area (TPSA) is 102 Å². The molecular weight excluding hydrogens is 588 g/mol. The van der Waals surface area contributed by atoms with Crippen molar-refractivity contribution in [2.24, 2.45) is 0 Å². The number of benzene rings is 4. The van der Waals surface area contributed by atoms with Crippen molar-refractivity contribution in [1.82, 2.24) is 20.4 Å². The Morgan fingerprint density at radius 1 is 0.787 bits per heavy atom. The number of nitrogens with zero attached hydrogens (tertiary/aromatic N) is 2. The first-order chi connectivity index (χ1) is 22.8. The van der Waals surface area contributed by atoms with Crippen LogP contribution in [0.15, 0.2) is 97.1 Å². The minimum Gasteiger partial charge on any atom is -0.465 e. The fraction of sp³-hybridized carbons (Fsp3) is 0.359. The number of fused-ring (bicyclic) bond motifs is 1. The number of nitrogens with one attached hydrogen (secondary N) is 2. The first-order valence-corrected chi connectivity index (χ1v) is 16.7. The lowest BCUT2D eigenvalue weighted by Crippen LogP contribution is -2.41. The predicted molar refractivity (Wildman–Crippen MR) is 188 cm³/mol. The summed E-state index contributed by atoms with van der Waals surface area (Å²) in [5, 5.41) is 18.5. The second-order valence-corrected chi connectivity index (χ2v) is 12.1. The molecule has 0 saturated carbocycles. The van der Waals surface area contributed by atoms with E-state index in [-0.39, 0.29) is 24.0 Å². The van der Waals surface area contributed by atoms with Crippen LogP contribution in [0.5, 0.6) is 0 Å². The van der Waals surface area contributed by atoms with Gasteiger partial charge in [0.25, 0.3) is 0 Å². The molecule has 0 bridgehead atoms. The van der Waals surface area contributed by atoms with Crippen LogP contribution in [-0.2, 0) is 17.9 Å². The Morgan fingerprint density at radius 3 is 2.17 bits per heavy atom. The molecule has 2 unspecified atom stereocenters.